The van der Waals surface area contributed by atoms with Gasteiger partial charge < -0.3 is 9.64 Å². The number of carbonyl (C=O) groups is 1. The molecule has 0 bridgehead atoms. The normalized spacial score (nSPS) is 16.1. The molecule has 7 heteroatoms. The number of esters is 1. The summed E-state index contributed by atoms with van der Waals surface area (Å²) in [6.45, 7) is 7.50. The van der Waals surface area contributed by atoms with E-state index in [0.29, 0.717) is 29.5 Å². The Morgan fingerprint density at radius 3 is 2.14 bits per heavy atom. The van der Waals surface area contributed by atoms with Gasteiger partial charge in [0.25, 0.3) is 0 Å². The molecule has 0 radical (unpaired) electrons. The number of hydrogen-bond donors (Lipinski definition) is 1. The summed E-state index contributed by atoms with van der Waals surface area (Å²) in [6.07, 6.45) is 0. The van der Waals surface area contributed by atoms with Crippen molar-refractivity contribution < 1.29 is 22.8 Å². The van der Waals surface area contributed by atoms with Crippen LogP contribution in [0.1, 0.15) is 41.3 Å². The lowest BCUT2D eigenvalue weighted by Crippen LogP contribution is -3.13. The second-order valence-electron chi connectivity index (χ2n) is 7.74. The molecular formula is C22H29N2O4S+. The molecule has 0 atom stereocenters. The highest BCUT2D eigenvalue weighted by atomic mass is 32.2. The van der Waals surface area contributed by atoms with Gasteiger partial charge in [-0.3, -0.25) is 0 Å². The van der Waals surface area contributed by atoms with E-state index in [1.807, 2.05) is 24.3 Å². The van der Waals surface area contributed by atoms with Crippen molar-refractivity contribution in [2.75, 3.05) is 33.3 Å². The third-order valence-corrected chi connectivity index (χ3v) is 7.36. The number of sulfonamides is 1. The van der Waals surface area contributed by atoms with Crippen molar-refractivity contribution in [1.82, 2.24) is 4.31 Å². The van der Waals surface area contributed by atoms with E-state index in [4.69, 9.17) is 4.74 Å². The lowest BCUT2D eigenvalue weighted by Gasteiger charge is -2.31. The minimum Gasteiger partial charge on any atom is -0.465 e. The molecule has 0 amide bonds. The van der Waals surface area contributed by atoms with Crippen molar-refractivity contribution in [2.45, 2.75) is 31.2 Å². The summed E-state index contributed by atoms with van der Waals surface area (Å²) in [7, 11) is -2.08. The van der Waals surface area contributed by atoms with Crippen molar-refractivity contribution >= 4 is 16.0 Å². The van der Waals surface area contributed by atoms with Gasteiger partial charge in [-0.25, -0.2) is 13.2 Å². The van der Waals surface area contributed by atoms with Crippen molar-refractivity contribution in [3.8, 4) is 0 Å². The summed E-state index contributed by atoms with van der Waals surface area (Å²) in [5.74, 6) is 0.0322. The summed E-state index contributed by atoms with van der Waals surface area (Å²) in [5, 5.41) is 0. The average molecular weight is 418 g/mol. The Balaban J connectivity index is 1.58. The maximum Gasteiger partial charge on any atom is 0.337 e. The van der Waals surface area contributed by atoms with E-state index in [0.717, 1.165) is 30.8 Å². The van der Waals surface area contributed by atoms with Gasteiger partial charge in [-0.2, -0.15) is 4.31 Å². The molecule has 2 aromatic carbocycles. The number of rotatable bonds is 6. The Morgan fingerprint density at radius 2 is 1.62 bits per heavy atom. The lowest BCUT2D eigenvalue weighted by molar-refractivity contribution is -0.917. The van der Waals surface area contributed by atoms with Gasteiger partial charge in [0.2, 0.25) is 10.0 Å². The van der Waals surface area contributed by atoms with E-state index in [1.54, 1.807) is 28.6 Å². The molecule has 1 aliphatic rings. The minimum atomic E-state index is -3.45. The van der Waals surface area contributed by atoms with Crippen molar-refractivity contribution in [3.63, 3.8) is 0 Å². The van der Waals surface area contributed by atoms with E-state index in [-0.39, 0.29) is 5.97 Å². The maximum absolute atomic E-state index is 12.9. The zero-order valence-electron chi connectivity index (χ0n) is 17.2. The third kappa shape index (κ3) is 5.04. The number of hydrogen-bond acceptors (Lipinski definition) is 4. The summed E-state index contributed by atoms with van der Waals surface area (Å²) >= 11 is 0. The number of methoxy groups -OCH3 is 1. The average Bonchev–Trinajstić information content (AvgIpc) is 2.74. The van der Waals surface area contributed by atoms with Crippen molar-refractivity contribution in [1.29, 1.82) is 0 Å². The van der Waals surface area contributed by atoms with Crippen LogP contribution in [0.3, 0.4) is 0 Å². The largest absolute Gasteiger partial charge is 0.465 e. The van der Waals surface area contributed by atoms with Crippen LogP contribution in [0.5, 0.6) is 0 Å². The fourth-order valence-electron chi connectivity index (χ4n) is 3.56. The number of benzene rings is 2. The third-order valence-electron chi connectivity index (χ3n) is 5.44. The fraction of sp³-hybridized carbons (Fsp3) is 0.409. The molecule has 0 aromatic heterocycles. The Labute approximate surface area is 173 Å². The van der Waals surface area contributed by atoms with Crippen molar-refractivity contribution in [2.24, 2.45) is 0 Å². The number of carbonyl (C=O) groups excluding carboxylic acids is 1. The van der Waals surface area contributed by atoms with Gasteiger partial charge in [-0.05, 0) is 35.7 Å². The molecule has 2 aromatic rings. The smallest absolute Gasteiger partial charge is 0.337 e. The van der Waals surface area contributed by atoms with E-state index in [9.17, 15) is 13.2 Å². The van der Waals surface area contributed by atoms with Crippen LogP contribution in [0.4, 0.5) is 0 Å². The molecule has 29 heavy (non-hydrogen) atoms. The molecule has 6 nitrogen and oxygen atoms in total. The van der Waals surface area contributed by atoms with Gasteiger partial charge in [-0.15, -0.1) is 0 Å². The lowest BCUT2D eigenvalue weighted by atomic mass is 10.0. The van der Waals surface area contributed by atoms with Gasteiger partial charge in [-0.1, -0.05) is 38.1 Å². The van der Waals surface area contributed by atoms with Crippen LogP contribution < -0.4 is 4.90 Å². The Hall–Kier alpha value is -2.22. The maximum atomic E-state index is 12.9. The predicted octanol–water partition coefficient (Wildman–Crippen LogP) is 1.69. The van der Waals surface area contributed by atoms with Gasteiger partial charge in [0, 0.05) is 5.56 Å². The molecule has 0 saturated carbocycles. The Bertz CT molecular complexity index is 930. The van der Waals surface area contributed by atoms with Crippen molar-refractivity contribution in [3.05, 3.63) is 65.2 Å². The zero-order valence-corrected chi connectivity index (χ0v) is 18.0. The number of ether oxygens (including phenoxy) is 1. The first kappa shape index (κ1) is 21.5. The SMILES string of the molecule is COC(=O)c1ccc(C[NH+]2CCN(S(=O)(=O)c3ccc(C(C)C)cc3)CC2)cc1. The van der Waals surface area contributed by atoms with Crippen LogP contribution in [0.15, 0.2) is 53.4 Å². The van der Waals surface area contributed by atoms with Crippen LogP contribution in [-0.4, -0.2) is 52.0 Å². The van der Waals surface area contributed by atoms with Crippen LogP contribution in [0.25, 0.3) is 0 Å². The first-order valence-electron chi connectivity index (χ1n) is 9.92. The molecule has 0 aliphatic carbocycles. The second-order valence-corrected chi connectivity index (χ2v) is 9.68. The topological polar surface area (TPSA) is 68.1 Å². The standard InChI is InChI=1S/C22H28N2O4S/c1-17(2)19-8-10-21(11-9-19)29(26,27)24-14-12-23(13-15-24)16-18-4-6-20(7-5-18)22(25)28-3/h4-11,17H,12-16H2,1-3H3/p+1. The molecular weight excluding hydrogens is 388 g/mol. The first-order valence-corrected chi connectivity index (χ1v) is 11.4. The van der Waals surface area contributed by atoms with E-state index in [1.165, 1.54) is 12.0 Å². The van der Waals surface area contributed by atoms with E-state index < -0.39 is 10.0 Å². The van der Waals surface area contributed by atoms with Gasteiger partial charge in [0.1, 0.15) is 6.54 Å². The van der Waals surface area contributed by atoms with Gasteiger partial charge >= 0.3 is 5.97 Å². The molecule has 1 saturated heterocycles. The summed E-state index contributed by atoms with van der Waals surface area (Å²) in [5.41, 5.74) is 2.79. The summed E-state index contributed by atoms with van der Waals surface area (Å²) < 4.78 is 32.2. The fourth-order valence-corrected chi connectivity index (χ4v) is 5.00. The van der Waals surface area contributed by atoms with Gasteiger partial charge in [0.05, 0.1) is 43.7 Å². The quantitative estimate of drug-likeness (QED) is 0.727. The Kier molecular flexibility index (Phi) is 6.72. The molecule has 156 valence electrons. The predicted molar refractivity (Wildman–Crippen MR) is 111 cm³/mol. The number of nitrogens with one attached hydrogen (secondary N) is 1. The molecule has 1 heterocycles. The van der Waals surface area contributed by atoms with E-state index >= 15 is 0 Å². The van der Waals surface area contributed by atoms with Crippen LogP contribution in [0, 0.1) is 0 Å². The summed E-state index contributed by atoms with van der Waals surface area (Å²) in [4.78, 5) is 13.2. The Morgan fingerprint density at radius 1 is 1.03 bits per heavy atom. The van der Waals surface area contributed by atoms with Gasteiger partial charge in [0.15, 0.2) is 0 Å². The molecule has 1 fully saturated rings. The molecule has 1 aliphatic heterocycles. The minimum absolute atomic E-state index is 0.343. The second kappa shape index (κ2) is 9.07. The highest BCUT2D eigenvalue weighted by Gasteiger charge is 2.30. The first-order chi connectivity index (χ1) is 13.8. The zero-order chi connectivity index (χ0) is 21.0. The van der Waals surface area contributed by atoms with Crippen LogP contribution in [-0.2, 0) is 21.3 Å². The van der Waals surface area contributed by atoms with Crippen LogP contribution in [0.2, 0.25) is 0 Å². The number of piperazine rings is 1. The number of quaternary nitrogens is 1. The monoisotopic (exact) mass is 417 g/mol. The molecule has 3 rings (SSSR count). The van der Waals surface area contributed by atoms with Crippen LogP contribution >= 0.6 is 0 Å². The molecule has 1 N–H and O–H groups in total. The molecule has 0 unspecified atom stereocenters. The molecule has 0 spiro atoms. The number of nitrogens with zero attached hydrogens (tertiary/aromatic N) is 1. The highest BCUT2D eigenvalue weighted by Crippen LogP contribution is 2.20. The van der Waals surface area contributed by atoms with E-state index in [2.05, 4.69) is 13.8 Å². The highest BCUT2D eigenvalue weighted by molar-refractivity contribution is 7.89. The summed E-state index contributed by atoms with van der Waals surface area (Å²) in [6, 6.07) is 14.6.